The molecule has 116 valence electrons. The van der Waals surface area contributed by atoms with Crippen LogP contribution in [0.1, 0.15) is 22.8 Å². The second kappa shape index (κ2) is 7.13. The number of hydrogen-bond acceptors (Lipinski definition) is 4. The second-order valence-corrected chi connectivity index (χ2v) is 4.80. The number of ketones is 1. The molecule has 0 spiro atoms. The van der Waals surface area contributed by atoms with Crippen LogP contribution in [0.15, 0.2) is 54.6 Å². The van der Waals surface area contributed by atoms with E-state index in [0.29, 0.717) is 11.3 Å². The fourth-order valence-corrected chi connectivity index (χ4v) is 1.90. The van der Waals surface area contributed by atoms with Crippen LogP contribution < -0.4 is 5.32 Å². The molecule has 0 radical (unpaired) electrons. The van der Waals surface area contributed by atoms with Crippen molar-refractivity contribution in [3.05, 3.63) is 75.8 Å². The van der Waals surface area contributed by atoms with E-state index >= 15 is 0 Å². The standard InChI is InChI=1S/C17H14N2O4/c1-12(20)18-15-7-2-13(3-8-15)4-11-17(21)14-5-9-16(10-6-14)19(22)23/h2-11H,1H3,(H,18,20)/b11-4-. The molecule has 0 heterocycles. The monoisotopic (exact) mass is 310 g/mol. The minimum absolute atomic E-state index is 0.0564. The molecule has 0 bridgehead atoms. The van der Waals surface area contributed by atoms with Crippen LogP contribution in [-0.4, -0.2) is 16.6 Å². The van der Waals surface area contributed by atoms with Crippen molar-refractivity contribution in [1.29, 1.82) is 0 Å². The number of nitro benzene ring substituents is 1. The number of nitrogens with one attached hydrogen (secondary N) is 1. The van der Waals surface area contributed by atoms with Gasteiger partial charge >= 0.3 is 0 Å². The zero-order valence-electron chi connectivity index (χ0n) is 12.4. The number of hydrogen-bond donors (Lipinski definition) is 1. The highest BCUT2D eigenvalue weighted by molar-refractivity contribution is 6.06. The van der Waals surface area contributed by atoms with Gasteiger partial charge in [-0.2, -0.15) is 0 Å². The van der Waals surface area contributed by atoms with Gasteiger partial charge in [-0.05, 0) is 35.9 Å². The maximum absolute atomic E-state index is 12.0. The van der Waals surface area contributed by atoms with Crippen molar-refractivity contribution in [2.75, 3.05) is 5.32 Å². The molecule has 6 nitrogen and oxygen atoms in total. The number of carbonyl (C=O) groups is 2. The van der Waals surface area contributed by atoms with E-state index in [-0.39, 0.29) is 17.4 Å². The molecule has 2 aromatic carbocycles. The number of benzene rings is 2. The number of amides is 1. The predicted molar refractivity (Wildman–Crippen MR) is 87.2 cm³/mol. The number of non-ortho nitro benzene ring substituents is 1. The summed E-state index contributed by atoms with van der Waals surface area (Å²) in [4.78, 5) is 33.0. The Balaban J connectivity index is 2.05. The fraction of sp³-hybridized carbons (Fsp3) is 0.0588. The van der Waals surface area contributed by atoms with Gasteiger partial charge in [0.1, 0.15) is 0 Å². The Labute approximate surface area is 132 Å². The van der Waals surface area contributed by atoms with Gasteiger partial charge in [0.05, 0.1) is 4.92 Å². The molecule has 6 heteroatoms. The Kier molecular flexibility index (Phi) is 4.99. The molecular formula is C17H14N2O4. The van der Waals surface area contributed by atoms with Gasteiger partial charge in [0, 0.05) is 30.3 Å². The zero-order valence-corrected chi connectivity index (χ0v) is 12.4. The molecule has 0 saturated carbocycles. The third-order valence-electron chi connectivity index (χ3n) is 3.02. The van der Waals surface area contributed by atoms with Gasteiger partial charge in [-0.25, -0.2) is 0 Å². The summed E-state index contributed by atoms with van der Waals surface area (Å²) in [5, 5.41) is 13.2. The Morgan fingerprint density at radius 3 is 2.17 bits per heavy atom. The van der Waals surface area contributed by atoms with E-state index in [4.69, 9.17) is 0 Å². The van der Waals surface area contributed by atoms with Gasteiger partial charge in [0.2, 0.25) is 5.91 Å². The largest absolute Gasteiger partial charge is 0.326 e. The first-order chi connectivity index (χ1) is 11.0. The normalized spacial score (nSPS) is 10.5. The zero-order chi connectivity index (χ0) is 16.8. The van der Waals surface area contributed by atoms with E-state index in [1.54, 1.807) is 30.3 Å². The summed E-state index contributed by atoms with van der Waals surface area (Å²) in [6.45, 7) is 1.43. The topological polar surface area (TPSA) is 89.3 Å². The molecule has 1 N–H and O–H groups in total. The molecule has 0 fully saturated rings. The Morgan fingerprint density at radius 2 is 1.65 bits per heavy atom. The van der Waals surface area contributed by atoms with E-state index < -0.39 is 4.92 Å². The third kappa shape index (κ3) is 4.60. The number of nitro groups is 1. The van der Waals surface area contributed by atoms with Crippen LogP contribution in [0.3, 0.4) is 0 Å². The van der Waals surface area contributed by atoms with Gasteiger partial charge in [-0.15, -0.1) is 0 Å². The van der Waals surface area contributed by atoms with Crippen molar-refractivity contribution in [2.45, 2.75) is 6.92 Å². The summed E-state index contributed by atoms with van der Waals surface area (Å²) in [5.74, 6) is -0.396. The van der Waals surface area contributed by atoms with E-state index in [2.05, 4.69) is 5.32 Å². The number of anilines is 1. The number of allylic oxidation sites excluding steroid dienone is 1. The van der Waals surface area contributed by atoms with Crippen molar-refractivity contribution >= 4 is 29.1 Å². The lowest BCUT2D eigenvalue weighted by Gasteiger charge is -2.01. The molecule has 2 rings (SSSR count). The Morgan fingerprint density at radius 1 is 1.04 bits per heavy atom. The molecule has 0 aliphatic rings. The number of nitrogens with zero attached hydrogens (tertiary/aromatic N) is 1. The number of rotatable bonds is 5. The molecule has 0 aliphatic carbocycles. The van der Waals surface area contributed by atoms with Gasteiger partial charge in [0.15, 0.2) is 5.78 Å². The summed E-state index contributed by atoms with van der Waals surface area (Å²) in [6.07, 6.45) is 3.04. The van der Waals surface area contributed by atoms with Gasteiger partial charge in [-0.3, -0.25) is 19.7 Å². The molecule has 0 atom stereocenters. The fourth-order valence-electron chi connectivity index (χ4n) is 1.90. The minimum atomic E-state index is -0.513. The minimum Gasteiger partial charge on any atom is -0.326 e. The van der Waals surface area contributed by atoms with E-state index in [1.807, 2.05) is 0 Å². The first kappa shape index (κ1) is 16.1. The maximum atomic E-state index is 12.0. The van der Waals surface area contributed by atoms with Crippen molar-refractivity contribution in [1.82, 2.24) is 0 Å². The van der Waals surface area contributed by atoms with Crippen LogP contribution in [-0.2, 0) is 4.79 Å². The first-order valence-electron chi connectivity index (χ1n) is 6.80. The highest BCUT2D eigenvalue weighted by atomic mass is 16.6. The highest BCUT2D eigenvalue weighted by Crippen LogP contribution is 2.14. The molecule has 0 aromatic heterocycles. The highest BCUT2D eigenvalue weighted by Gasteiger charge is 2.07. The van der Waals surface area contributed by atoms with E-state index in [9.17, 15) is 19.7 Å². The molecule has 23 heavy (non-hydrogen) atoms. The molecular weight excluding hydrogens is 296 g/mol. The Bertz CT molecular complexity index is 762. The molecule has 0 unspecified atom stereocenters. The number of carbonyl (C=O) groups excluding carboxylic acids is 2. The SMILES string of the molecule is CC(=O)Nc1ccc(/C=C\C(=O)c2ccc([N+](=O)[O-])cc2)cc1. The molecule has 0 aliphatic heterocycles. The Hall–Kier alpha value is -3.28. The van der Waals surface area contributed by atoms with Crippen LogP contribution in [0.5, 0.6) is 0 Å². The molecule has 0 saturated heterocycles. The second-order valence-electron chi connectivity index (χ2n) is 4.80. The average molecular weight is 310 g/mol. The third-order valence-corrected chi connectivity index (χ3v) is 3.02. The maximum Gasteiger partial charge on any atom is 0.269 e. The van der Waals surface area contributed by atoms with Crippen molar-refractivity contribution < 1.29 is 14.5 Å². The van der Waals surface area contributed by atoms with Gasteiger partial charge < -0.3 is 5.32 Å². The lowest BCUT2D eigenvalue weighted by atomic mass is 10.1. The van der Waals surface area contributed by atoms with Gasteiger partial charge in [0.25, 0.3) is 5.69 Å². The van der Waals surface area contributed by atoms with E-state index in [1.165, 1.54) is 37.3 Å². The quantitative estimate of drug-likeness (QED) is 0.396. The summed E-state index contributed by atoms with van der Waals surface area (Å²) in [7, 11) is 0. The summed E-state index contributed by atoms with van der Waals surface area (Å²) in [5.41, 5.74) is 1.80. The lowest BCUT2D eigenvalue weighted by molar-refractivity contribution is -0.384. The predicted octanol–water partition coefficient (Wildman–Crippen LogP) is 3.45. The summed E-state index contributed by atoms with van der Waals surface area (Å²) < 4.78 is 0. The van der Waals surface area contributed by atoms with Crippen LogP contribution in [0.25, 0.3) is 6.08 Å². The van der Waals surface area contributed by atoms with Crippen LogP contribution in [0, 0.1) is 10.1 Å². The van der Waals surface area contributed by atoms with Gasteiger partial charge in [-0.1, -0.05) is 18.2 Å². The summed E-state index contributed by atoms with van der Waals surface area (Å²) >= 11 is 0. The van der Waals surface area contributed by atoms with Crippen molar-refractivity contribution in [3.63, 3.8) is 0 Å². The van der Waals surface area contributed by atoms with Crippen molar-refractivity contribution in [2.24, 2.45) is 0 Å². The summed E-state index contributed by atoms with van der Waals surface area (Å²) in [6, 6.07) is 12.4. The van der Waals surface area contributed by atoms with Crippen LogP contribution in [0.2, 0.25) is 0 Å². The van der Waals surface area contributed by atoms with Crippen molar-refractivity contribution in [3.8, 4) is 0 Å². The smallest absolute Gasteiger partial charge is 0.269 e. The van der Waals surface area contributed by atoms with E-state index in [0.717, 1.165) is 5.56 Å². The lowest BCUT2D eigenvalue weighted by Crippen LogP contribution is -2.05. The van der Waals surface area contributed by atoms with Crippen LogP contribution in [0.4, 0.5) is 11.4 Å². The first-order valence-corrected chi connectivity index (χ1v) is 6.80. The molecule has 1 amide bonds. The van der Waals surface area contributed by atoms with Crippen LogP contribution >= 0.6 is 0 Å². The molecule has 2 aromatic rings. The average Bonchev–Trinajstić information content (AvgIpc) is 2.53.